The van der Waals surface area contributed by atoms with Crippen molar-refractivity contribution in [3.8, 4) is 11.8 Å². The highest BCUT2D eigenvalue weighted by atomic mass is 35.5. The molecule has 0 aromatic heterocycles. The quantitative estimate of drug-likeness (QED) is 0.0932. The highest BCUT2D eigenvalue weighted by Gasteiger charge is 2.06. The van der Waals surface area contributed by atoms with Gasteiger partial charge in [0.05, 0.1) is 12.2 Å². The Bertz CT molecular complexity index is 920. The van der Waals surface area contributed by atoms with Crippen molar-refractivity contribution in [3.05, 3.63) is 64.7 Å². The molecular weight excluding hydrogens is 514 g/mol. The first kappa shape index (κ1) is 34.5. The molecule has 0 bridgehead atoms. The number of carbonyl (C=O) groups excluding carboxylic acids is 1. The number of benzene rings is 2. The minimum atomic E-state index is -0.345. The lowest BCUT2D eigenvalue weighted by Gasteiger charge is -2.08. The van der Waals surface area contributed by atoms with E-state index in [1.807, 2.05) is 36.4 Å². The van der Waals surface area contributed by atoms with Crippen molar-refractivity contribution in [1.82, 2.24) is 0 Å². The van der Waals surface area contributed by atoms with Crippen LogP contribution in [-0.2, 0) is 4.74 Å². The normalized spacial score (nSPS) is 10.2. The fourth-order valence-electron chi connectivity index (χ4n) is 3.61. The van der Waals surface area contributed by atoms with E-state index in [1.165, 1.54) is 51.4 Å². The second kappa shape index (κ2) is 24.5. The number of rotatable bonds is 18. The number of aliphatic hydroxyl groups is 3. The number of esters is 1. The van der Waals surface area contributed by atoms with Gasteiger partial charge in [-0.25, -0.2) is 4.79 Å². The third-order valence-electron chi connectivity index (χ3n) is 5.86. The van der Waals surface area contributed by atoms with Gasteiger partial charge in [0, 0.05) is 55.5 Å². The first-order valence-electron chi connectivity index (χ1n) is 14.2. The Morgan fingerprint density at radius 3 is 1.85 bits per heavy atom. The molecule has 0 fully saturated rings. The molecule has 0 heterocycles. The summed E-state index contributed by atoms with van der Waals surface area (Å²) in [5.74, 6) is 6.10. The van der Waals surface area contributed by atoms with Gasteiger partial charge in [-0.2, -0.15) is 0 Å². The molecule has 7 heteroatoms. The van der Waals surface area contributed by atoms with Crippen LogP contribution in [0, 0.1) is 11.8 Å². The summed E-state index contributed by atoms with van der Waals surface area (Å²) >= 11 is 5.88. The van der Waals surface area contributed by atoms with Crippen molar-refractivity contribution < 1.29 is 24.9 Å². The Balaban J connectivity index is 0.00000139. The Morgan fingerprint density at radius 2 is 1.28 bits per heavy atom. The zero-order chi connectivity index (χ0) is 28.4. The molecule has 0 saturated carbocycles. The van der Waals surface area contributed by atoms with E-state index in [-0.39, 0.29) is 32.4 Å². The van der Waals surface area contributed by atoms with Crippen LogP contribution in [0.2, 0.25) is 5.02 Å². The van der Waals surface area contributed by atoms with Crippen molar-refractivity contribution in [2.45, 2.75) is 77.0 Å². The van der Waals surface area contributed by atoms with Gasteiger partial charge in [-0.15, -0.1) is 0 Å². The minimum absolute atomic E-state index is 0.0270. The van der Waals surface area contributed by atoms with Crippen LogP contribution >= 0.6 is 11.6 Å². The molecule has 0 saturated heterocycles. The van der Waals surface area contributed by atoms with E-state index in [0.717, 1.165) is 35.7 Å². The molecule has 0 aliphatic rings. The van der Waals surface area contributed by atoms with Gasteiger partial charge in [-0.1, -0.05) is 68.4 Å². The molecule has 4 N–H and O–H groups in total. The van der Waals surface area contributed by atoms with Gasteiger partial charge in [0.15, 0.2) is 0 Å². The summed E-state index contributed by atoms with van der Waals surface area (Å²) in [6.45, 7) is 1.40. The van der Waals surface area contributed by atoms with Crippen LogP contribution in [0.25, 0.3) is 0 Å². The van der Waals surface area contributed by atoms with Gasteiger partial charge in [0.2, 0.25) is 0 Å². The SMILES string of the molecule is O=C(OCCCO)c1ccc(NCCCCCCCCCCCC#Cc2ccc(Cl)cc2)cc1.OCCCO. The zero-order valence-corrected chi connectivity index (χ0v) is 23.9. The smallest absolute Gasteiger partial charge is 0.338 e. The van der Waals surface area contributed by atoms with Gasteiger partial charge in [0.25, 0.3) is 0 Å². The first-order valence-corrected chi connectivity index (χ1v) is 14.6. The van der Waals surface area contributed by atoms with E-state index >= 15 is 0 Å². The van der Waals surface area contributed by atoms with E-state index in [9.17, 15) is 4.79 Å². The van der Waals surface area contributed by atoms with Crippen molar-refractivity contribution in [3.63, 3.8) is 0 Å². The molecule has 0 aliphatic carbocycles. The third kappa shape index (κ3) is 19.2. The van der Waals surface area contributed by atoms with Crippen molar-refractivity contribution in [2.24, 2.45) is 0 Å². The summed E-state index contributed by atoms with van der Waals surface area (Å²) < 4.78 is 5.08. The van der Waals surface area contributed by atoms with E-state index < -0.39 is 0 Å². The molecule has 2 rings (SSSR count). The van der Waals surface area contributed by atoms with Crippen LogP contribution in [0.4, 0.5) is 5.69 Å². The number of carbonyl (C=O) groups is 1. The number of halogens is 1. The van der Waals surface area contributed by atoms with E-state index in [0.29, 0.717) is 18.4 Å². The molecule has 0 unspecified atom stereocenters. The number of hydrogen-bond donors (Lipinski definition) is 4. The van der Waals surface area contributed by atoms with Crippen LogP contribution < -0.4 is 5.32 Å². The predicted octanol–water partition coefficient (Wildman–Crippen LogP) is 6.60. The molecule has 0 aliphatic heterocycles. The molecule has 0 radical (unpaired) electrons. The van der Waals surface area contributed by atoms with Crippen LogP contribution in [0.5, 0.6) is 0 Å². The molecule has 2 aromatic rings. The van der Waals surface area contributed by atoms with Crippen molar-refractivity contribution in [2.75, 3.05) is 38.3 Å². The third-order valence-corrected chi connectivity index (χ3v) is 6.11. The lowest BCUT2D eigenvalue weighted by Crippen LogP contribution is -2.08. The second-order valence-electron chi connectivity index (χ2n) is 9.26. The lowest BCUT2D eigenvalue weighted by atomic mass is 10.1. The average Bonchev–Trinajstić information content (AvgIpc) is 2.95. The average molecular weight is 560 g/mol. The zero-order valence-electron chi connectivity index (χ0n) is 23.2. The second-order valence-corrected chi connectivity index (χ2v) is 9.70. The number of unbranched alkanes of at least 4 members (excludes halogenated alkanes) is 9. The van der Waals surface area contributed by atoms with Gasteiger partial charge in [-0.05, 0) is 67.8 Å². The number of anilines is 1. The molecule has 216 valence electrons. The maximum atomic E-state index is 11.8. The topological polar surface area (TPSA) is 99.0 Å². The summed E-state index contributed by atoms with van der Waals surface area (Å²) in [5, 5.41) is 28.7. The molecule has 0 atom stereocenters. The van der Waals surface area contributed by atoms with Crippen LogP contribution in [0.15, 0.2) is 48.5 Å². The predicted molar refractivity (Wildman–Crippen MR) is 160 cm³/mol. The number of aliphatic hydroxyl groups excluding tert-OH is 3. The van der Waals surface area contributed by atoms with E-state index in [1.54, 1.807) is 12.1 Å². The monoisotopic (exact) mass is 559 g/mol. The molecule has 0 spiro atoms. The Kier molecular flexibility index (Phi) is 21.6. The highest BCUT2D eigenvalue weighted by molar-refractivity contribution is 6.30. The Hall–Kier alpha value is -2.56. The van der Waals surface area contributed by atoms with Crippen molar-refractivity contribution in [1.29, 1.82) is 0 Å². The summed E-state index contributed by atoms with van der Waals surface area (Å²) in [6.07, 6.45) is 13.3. The van der Waals surface area contributed by atoms with Gasteiger partial charge < -0.3 is 25.4 Å². The van der Waals surface area contributed by atoms with Gasteiger partial charge in [-0.3, -0.25) is 0 Å². The number of hydrogen-bond acceptors (Lipinski definition) is 6. The van der Waals surface area contributed by atoms with E-state index in [4.69, 9.17) is 31.7 Å². The van der Waals surface area contributed by atoms with Gasteiger partial charge in [0.1, 0.15) is 0 Å². The Labute approximate surface area is 239 Å². The molecule has 39 heavy (non-hydrogen) atoms. The summed E-state index contributed by atoms with van der Waals surface area (Å²) in [4.78, 5) is 11.8. The first-order chi connectivity index (χ1) is 19.1. The van der Waals surface area contributed by atoms with E-state index in [2.05, 4.69) is 17.2 Å². The standard InChI is InChI=1S/C29H38ClNO3.C3H8O2/c30-27-18-14-25(15-19-27)13-10-8-6-4-2-1-3-5-7-9-11-22-31-28-20-16-26(17-21-28)29(33)34-24-12-23-32;4-2-1-3-5/h14-21,31-32H,1-9,11-12,22-24H2;4-5H,1-3H2. The summed E-state index contributed by atoms with van der Waals surface area (Å²) in [6, 6.07) is 15.1. The molecule has 2 aromatic carbocycles. The van der Waals surface area contributed by atoms with Crippen molar-refractivity contribution >= 4 is 23.3 Å². The summed E-state index contributed by atoms with van der Waals surface area (Å²) in [5.41, 5.74) is 2.59. The highest BCUT2D eigenvalue weighted by Crippen LogP contribution is 2.13. The van der Waals surface area contributed by atoms with Gasteiger partial charge >= 0.3 is 5.97 Å². The molecular formula is C32H46ClNO5. The largest absolute Gasteiger partial charge is 0.462 e. The fraction of sp³-hybridized carbons (Fsp3) is 0.531. The Morgan fingerprint density at radius 1 is 0.718 bits per heavy atom. The van der Waals surface area contributed by atoms with Crippen LogP contribution in [0.1, 0.15) is 93.0 Å². The number of ether oxygens (including phenoxy) is 1. The maximum absolute atomic E-state index is 11.8. The minimum Gasteiger partial charge on any atom is -0.462 e. The molecule has 6 nitrogen and oxygen atoms in total. The summed E-state index contributed by atoms with van der Waals surface area (Å²) in [7, 11) is 0. The number of nitrogens with one attached hydrogen (secondary N) is 1. The fourth-order valence-corrected chi connectivity index (χ4v) is 3.74. The van der Waals surface area contributed by atoms with Crippen LogP contribution in [-0.4, -0.2) is 54.3 Å². The van der Waals surface area contributed by atoms with Crippen LogP contribution in [0.3, 0.4) is 0 Å². The maximum Gasteiger partial charge on any atom is 0.338 e. The molecule has 0 amide bonds. The lowest BCUT2D eigenvalue weighted by molar-refractivity contribution is 0.0482.